The van der Waals surface area contributed by atoms with Crippen LogP contribution >= 0.6 is 0 Å². The van der Waals surface area contributed by atoms with Gasteiger partial charge in [0.25, 0.3) is 5.56 Å². The van der Waals surface area contributed by atoms with Gasteiger partial charge in [-0.25, -0.2) is 4.98 Å². The van der Waals surface area contributed by atoms with Crippen LogP contribution in [0.4, 0.5) is 0 Å². The summed E-state index contributed by atoms with van der Waals surface area (Å²) in [5.41, 5.74) is 1.58. The monoisotopic (exact) mass is 272 g/mol. The van der Waals surface area contributed by atoms with Crippen LogP contribution in [0.2, 0.25) is 0 Å². The second kappa shape index (κ2) is 5.73. The van der Waals surface area contributed by atoms with E-state index >= 15 is 0 Å². The number of fused-ring (bicyclic) bond motifs is 1. The first kappa shape index (κ1) is 13.3. The lowest BCUT2D eigenvalue weighted by molar-refractivity contribution is 0.192. The number of nitrogens with zero attached hydrogens (tertiary/aromatic N) is 3. The van der Waals surface area contributed by atoms with Gasteiger partial charge in [0.1, 0.15) is 5.65 Å². The molecule has 1 saturated heterocycles. The molecule has 0 saturated carbocycles. The van der Waals surface area contributed by atoms with Crippen LogP contribution in [0, 0.1) is 0 Å². The van der Waals surface area contributed by atoms with Crippen molar-refractivity contribution < 1.29 is 0 Å². The molecule has 3 heterocycles. The van der Waals surface area contributed by atoms with Gasteiger partial charge in [0.05, 0.1) is 5.69 Å². The van der Waals surface area contributed by atoms with E-state index in [2.05, 4.69) is 15.2 Å². The summed E-state index contributed by atoms with van der Waals surface area (Å²) in [5.74, 6) is 0. The third kappa shape index (κ3) is 2.73. The van der Waals surface area contributed by atoms with Crippen molar-refractivity contribution in [1.29, 1.82) is 0 Å². The minimum Gasteiger partial charge on any atom is -0.317 e. The summed E-state index contributed by atoms with van der Waals surface area (Å²) in [4.78, 5) is 19.0. The Morgan fingerprint density at radius 2 is 2.15 bits per heavy atom. The minimum absolute atomic E-state index is 0.00397. The second-order valence-corrected chi connectivity index (χ2v) is 5.35. The summed E-state index contributed by atoms with van der Waals surface area (Å²) in [7, 11) is 2.02. The fraction of sp³-hybridized carbons (Fsp3) is 0.467. The van der Waals surface area contributed by atoms with Crippen LogP contribution in [-0.4, -0.2) is 40.5 Å². The van der Waals surface area contributed by atoms with Crippen molar-refractivity contribution in [3.8, 4) is 0 Å². The maximum atomic E-state index is 12.0. The smallest absolute Gasteiger partial charge is 0.258 e. The van der Waals surface area contributed by atoms with E-state index in [1.165, 1.54) is 0 Å². The first-order chi connectivity index (χ1) is 9.76. The molecule has 0 amide bonds. The topological polar surface area (TPSA) is 49.6 Å². The molecule has 0 aromatic carbocycles. The van der Waals surface area contributed by atoms with Crippen LogP contribution in [0.15, 0.2) is 35.3 Å². The lowest BCUT2D eigenvalue weighted by Crippen LogP contribution is -2.41. The standard InChI is InChI=1S/C15H20N4O/c1-16-12-5-8-18(9-6-12)11-13-10-15(20)19-7-3-2-4-14(19)17-13/h2-4,7,10,12,16H,5-6,8-9,11H2,1H3. The zero-order chi connectivity index (χ0) is 13.9. The van der Waals surface area contributed by atoms with Crippen LogP contribution in [-0.2, 0) is 6.54 Å². The molecule has 5 heteroatoms. The van der Waals surface area contributed by atoms with E-state index in [9.17, 15) is 4.79 Å². The van der Waals surface area contributed by atoms with Crippen LogP contribution in [0.3, 0.4) is 0 Å². The predicted molar refractivity (Wildman–Crippen MR) is 78.8 cm³/mol. The van der Waals surface area contributed by atoms with E-state index in [0.717, 1.165) is 43.8 Å². The molecule has 1 aliphatic rings. The van der Waals surface area contributed by atoms with Gasteiger partial charge in [-0.05, 0) is 32.0 Å². The molecule has 1 fully saturated rings. The van der Waals surface area contributed by atoms with Crippen molar-refractivity contribution in [1.82, 2.24) is 19.6 Å². The normalized spacial score (nSPS) is 17.6. The SMILES string of the molecule is CNC1CCN(Cc2cc(=O)n3ccccc3n2)CC1. The van der Waals surface area contributed by atoms with Crippen molar-refractivity contribution in [3.63, 3.8) is 0 Å². The Morgan fingerprint density at radius 1 is 1.35 bits per heavy atom. The molecular weight excluding hydrogens is 252 g/mol. The van der Waals surface area contributed by atoms with Gasteiger partial charge in [-0.3, -0.25) is 14.1 Å². The summed E-state index contributed by atoms with van der Waals surface area (Å²) in [5, 5.41) is 3.33. The summed E-state index contributed by atoms with van der Waals surface area (Å²) >= 11 is 0. The van der Waals surface area contributed by atoms with E-state index in [-0.39, 0.29) is 5.56 Å². The van der Waals surface area contributed by atoms with Crippen molar-refractivity contribution in [3.05, 3.63) is 46.5 Å². The molecule has 20 heavy (non-hydrogen) atoms. The molecule has 0 bridgehead atoms. The molecule has 0 spiro atoms. The molecule has 5 nitrogen and oxygen atoms in total. The Bertz CT molecular complexity index is 644. The molecule has 2 aromatic rings. The lowest BCUT2D eigenvalue weighted by Gasteiger charge is -2.31. The van der Waals surface area contributed by atoms with E-state index in [1.807, 2.05) is 25.2 Å². The fourth-order valence-electron chi connectivity index (χ4n) is 2.79. The largest absolute Gasteiger partial charge is 0.317 e. The van der Waals surface area contributed by atoms with Crippen LogP contribution in [0.5, 0.6) is 0 Å². The Morgan fingerprint density at radius 3 is 2.90 bits per heavy atom. The van der Waals surface area contributed by atoms with Crippen LogP contribution in [0.1, 0.15) is 18.5 Å². The number of rotatable bonds is 3. The highest BCUT2D eigenvalue weighted by Gasteiger charge is 2.18. The van der Waals surface area contributed by atoms with Gasteiger partial charge in [0.15, 0.2) is 0 Å². The van der Waals surface area contributed by atoms with Gasteiger partial charge in [0.2, 0.25) is 0 Å². The van der Waals surface area contributed by atoms with Gasteiger partial charge in [0, 0.05) is 37.9 Å². The highest BCUT2D eigenvalue weighted by molar-refractivity contribution is 5.37. The van der Waals surface area contributed by atoms with E-state index in [0.29, 0.717) is 6.04 Å². The Kier molecular flexibility index (Phi) is 3.80. The molecule has 3 rings (SSSR count). The molecule has 0 atom stereocenters. The molecule has 0 unspecified atom stereocenters. The number of likely N-dealkylation sites (tertiary alicyclic amines) is 1. The first-order valence-electron chi connectivity index (χ1n) is 7.13. The summed E-state index contributed by atoms with van der Waals surface area (Å²) in [6.45, 7) is 2.87. The summed E-state index contributed by atoms with van der Waals surface area (Å²) in [6.07, 6.45) is 4.07. The van der Waals surface area contributed by atoms with Crippen molar-refractivity contribution in [2.75, 3.05) is 20.1 Å². The van der Waals surface area contributed by atoms with Crippen LogP contribution in [0.25, 0.3) is 5.65 Å². The maximum Gasteiger partial charge on any atom is 0.258 e. The second-order valence-electron chi connectivity index (χ2n) is 5.35. The highest BCUT2D eigenvalue weighted by Crippen LogP contribution is 2.12. The number of pyridine rings is 1. The molecule has 0 radical (unpaired) electrons. The average Bonchev–Trinajstić information content (AvgIpc) is 2.48. The molecule has 106 valence electrons. The van der Waals surface area contributed by atoms with Crippen molar-refractivity contribution in [2.24, 2.45) is 0 Å². The fourth-order valence-corrected chi connectivity index (χ4v) is 2.79. The quantitative estimate of drug-likeness (QED) is 0.901. The zero-order valence-electron chi connectivity index (χ0n) is 11.7. The minimum atomic E-state index is -0.00397. The molecule has 1 aliphatic heterocycles. The van der Waals surface area contributed by atoms with Gasteiger partial charge in [-0.1, -0.05) is 6.07 Å². The van der Waals surface area contributed by atoms with Gasteiger partial charge >= 0.3 is 0 Å². The first-order valence-corrected chi connectivity index (χ1v) is 7.13. The summed E-state index contributed by atoms with van der Waals surface area (Å²) < 4.78 is 1.58. The predicted octanol–water partition coefficient (Wildman–Crippen LogP) is 0.878. The average molecular weight is 272 g/mol. The number of aromatic nitrogens is 2. The summed E-state index contributed by atoms with van der Waals surface area (Å²) in [6, 6.07) is 7.90. The van der Waals surface area contributed by atoms with Gasteiger partial charge < -0.3 is 5.32 Å². The van der Waals surface area contributed by atoms with E-state index in [1.54, 1.807) is 16.7 Å². The zero-order valence-corrected chi connectivity index (χ0v) is 11.7. The van der Waals surface area contributed by atoms with Gasteiger partial charge in [-0.2, -0.15) is 0 Å². The maximum absolute atomic E-state index is 12.0. The lowest BCUT2D eigenvalue weighted by atomic mass is 10.1. The number of nitrogens with one attached hydrogen (secondary N) is 1. The van der Waals surface area contributed by atoms with E-state index in [4.69, 9.17) is 0 Å². The van der Waals surface area contributed by atoms with Gasteiger partial charge in [-0.15, -0.1) is 0 Å². The van der Waals surface area contributed by atoms with E-state index < -0.39 is 0 Å². The molecular formula is C15H20N4O. The number of piperidine rings is 1. The third-order valence-corrected chi connectivity index (χ3v) is 4.01. The molecule has 1 N–H and O–H groups in total. The van der Waals surface area contributed by atoms with Crippen molar-refractivity contribution in [2.45, 2.75) is 25.4 Å². The number of hydrogen-bond donors (Lipinski definition) is 1. The third-order valence-electron chi connectivity index (χ3n) is 4.01. The molecule has 0 aliphatic carbocycles. The Balaban J connectivity index is 1.77. The molecule has 2 aromatic heterocycles. The Hall–Kier alpha value is -1.72. The highest BCUT2D eigenvalue weighted by atomic mass is 16.1. The number of hydrogen-bond acceptors (Lipinski definition) is 4. The van der Waals surface area contributed by atoms with Crippen molar-refractivity contribution >= 4 is 5.65 Å². The Labute approximate surface area is 118 Å². The van der Waals surface area contributed by atoms with Crippen LogP contribution < -0.4 is 10.9 Å².